The van der Waals surface area contributed by atoms with E-state index in [1.54, 1.807) is 6.20 Å². The Morgan fingerprint density at radius 1 is 1.47 bits per heavy atom. The van der Waals surface area contributed by atoms with Gasteiger partial charge in [-0.15, -0.1) is 0 Å². The molecule has 0 saturated carbocycles. The number of aromatic nitrogens is 2. The Kier molecular flexibility index (Phi) is 6.93. The van der Waals surface area contributed by atoms with Crippen molar-refractivity contribution in [3.63, 3.8) is 0 Å². The third-order valence-corrected chi connectivity index (χ3v) is 4.09. The van der Waals surface area contributed by atoms with Crippen molar-refractivity contribution in [2.75, 3.05) is 17.3 Å². The summed E-state index contributed by atoms with van der Waals surface area (Å²) in [6.45, 7) is 6.89. The SMILES string of the molecule is CSCCC(C)Nc1cnn(CC(C)C)c(=O)c1Br. The van der Waals surface area contributed by atoms with Crippen LogP contribution in [0.3, 0.4) is 0 Å². The topological polar surface area (TPSA) is 46.9 Å². The second-order valence-corrected chi connectivity index (χ2v) is 6.86. The van der Waals surface area contributed by atoms with Crippen molar-refractivity contribution in [2.45, 2.75) is 39.8 Å². The van der Waals surface area contributed by atoms with E-state index in [1.807, 2.05) is 11.8 Å². The van der Waals surface area contributed by atoms with Crippen LogP contribution < -0.4 is 10.9 Å². The van der Waals surface area contributed by atoms with Crippen LogP contribution >= 0.6 is 27.7 Å². The number of thioether (sulfide) groups is 1. The van der Waals surface area contributed by atoms with E-state index in [-0.39, 0.29) is 5.56 Å². The molecular weight excluding hydrogens is 326 g/mol. The van der Waals surface area contributed by atoms with Gasteiger partial charge in [0.1, 0.15) is 4.47 Å². The second kappa shape index (κ2) is 7.94. The number of hydrogen-bond donors (Lipinski definition) is 1. The first-order chi connectivity index (χ1) is 8.95. The van der Waals surface area contributed by atoms with E-state index < -0.39 is 0 Å². The van der Waals surface area contributed by atoms with Crippen molar-refractivity contribution in [3.05, 3.63) is 21.0 Å². The standard InChI is InChI=1S/C13H22BrN3OS/c1-9(2)8-17-13(18)12(14)11(7-15-17)16-10(3)5-6-19-4/h7,9-10,16H,5-6,8H2,1-4H3. The summed E-state index contributed by atoms with van der Waals surface area (Å²) in [6, 6.07) is 0.325. The van der Waals surface area contributed by atoms with Gasteiger partial charge in [0.05, 0.1) is 11.9 Å². The highest BCUT2D eigenvalue weighted by atomic mass is 79.9. The molecule has 0 aliphatic rings. The van der Waals surface area contributed by atoms with Crippen LogP contribution in [0.4, 0.5) is 5.69 Å². The molecule has 0 radical (unpaired) electrons. The summed E-state index contributed by atoms with van der Waals surface area (Å²) in [6.07, 6.45) is 4.88. The maximum Gasteiger partial charge on any atom is 0.283 e. The molecule has 1 N–H and O–H groups in total. The number of nitrogens with one attached hydrogen (secondary N) is 1. The molecule has 1 unspecified atom stereocenters. The molecule has 0 amide bonds. The molecule has 1 rings (SSSR count). The summed E-state index contributed by atoms with van der Waals surface area (Å²) in [5.74, 6) is 1.50. The minimum atomic E-state index is -0.0734. The molecule has 0 bridgehead atoms. The minimum Gasteiger partial charge on any atom is -0.380 e. The number of anilines is 1. The van der Waals surface area contributed by atoms with Gasteiger partial charge in [0.2, 0.25) is 0 Å². The van der Waals surface area contributed by atoms with Crippen LogP contribution in [0, 0.1) is 5.92 Å². The Bertz CT molecular complexity index is 462. The fourth-order valence-electron chi connectivity index (χ4n) is 1.67. The summed E-state index contributed by atoms with van der Waals surface area (Å²) >= 11 is 5.20. The molecule has 1 aromatic heterocycles. The Morgan fingerprint density at radius 2 is 2.16 bits per heavy atom. The average molecular weight is 348 g/mol. The molecule has 0 saturated heterocycles. The van der Waals surface area contributed by atoms with Gasteiger partial charge >= 0.3 is 0 Å². The van der Waals surface area contributed by atoms with E-state index in [2.05, 4.69) is 53.4 Å². The fourth-order valence-corrected chi connectivity index (χ4v) is 2.68. The fraction of sp³-hybridized carbons (Fsp3) is 0.692. The maximum atomic E-state index is 12.1. The van der Waals surface area contributed by atoms with Gasteiger partial charge < -0.3 is 5.32 Å². The largest absolute Gasteiger partial charge is 0.380 e. The highest BCUT2D eigenvalue weighted by molar-refractivity contribution is 9.10. The molecule has 4 nitrogen and oxygen atoms in total. The average Bonchev–Trinajstić information content (AvgIpc) is 2.35. The summed E-state index contributed by atoms with van der Waals surface area (Å²) in [5.41, 5.74) is 0.703. The molecule has 1 heterocycles. The van der Waals surface area contributed by atoms with E-state index in [1.165, 1.54) is 4.68 Å². The third kappa shape index (κ3) is 5.18. The van der Waals surface area contributed by atoms with Crippen molar-refractivity contribution in [2.24, 2.45) is 5.92 Å². The first kappa shape index (κ1) is 16.6. The molecule has 1 aromatic rings. The number of nitrogens with zero attached hydrogens (tertiary/aromatic N) is 2. The summed E-state index contributed by atoms with van der Waals surface area (Å²) < 4.78 is 2.08. The lowest BCUT2D eigenvalue weighted by Crippen LogP contribution is -2.27. The van der Waals surface area contributed by atoms with Gasteiger partial charge in [-0.3, -0.25) is 4.79 Å². The number of hydrogen-bond acceptors (Lipinski definition) is 4. The monoisotopic (exact) mass is 347 g/mol. The smallest absolute Gasteiger partial charge is 0.283 e. The molecule has 0 spiro atoms. The molecule has 0 fully saturated rings. The number of halogens is 1. The maximum absolute atomic E-state index is 12.1. The van der Waals surface area contributed by atoms with Crippen molar-refractivity contribution in [3.8, 4) is 0 Å². The van der Waals surface area contributed by atoms with Crippen LogP contribution in [0.2, 0.25) is 0 Å². The molecule has 1 atom stereocenters. The van der Waals surface area contributed by atoms with Crippen molar-refractivity contribution >= 4 is 33.4 Å². The highest BCUT2D eigenvalue weighted by Gasteiger charge is 2.11. The van der Waals surface area contributed by atoms with Crippen LogP contribution in [0.5, 0.6) is 0 Å². The molecular formula is C13H22BrN3OS. The van der Waals surface area contributed by atoms with Crippen molar-refractivity contribution in [1.82, 2.24) is 9.78 Å². The van der Waals surface area contributed by atoms with E-state index in [0.29, 0.717) is 23.0 Å². The number of rotatable bonds is 7. The first-order valence-electron chi connectivity index (χ1n) is 6.46. The van der Waals surface area contributed by atoms with E-state index >= 15 is 0 Å². The summed E-state index contributed by atoms with van der Waals surface area (Å²) in [5, 5.41) is 7.55. The lowest BCUT2D eigenvalue weighted by molar-refractivity contribution is 0.462. The normalized spacial score (nSPS) is 12.7. The van der Waals surface area contributed by atoms with Crippen molar-refractivity contribution in [1.29, 1.82) is 0 Å². The molecule has 19 heavy (non-hydrogen) atoms. The van der Waals surface area contributed by atoms with Gasteiger partial charge in [-0.2, -0.15) is 16.9 Å². The molecule has 0 aromatic carbocycles. The Labute approximate surface area is 127 Å². The van der Waals surface area contributed by atoms with Gasteiger partial charge in [0, 0.05) is 12.6 Å². The Morgan fingerprint density at radius 3 is 2.74 bits per heavy atom. The van der Waals surface area contributed by atoms with Gasteiger partial charge in [0.25, 0.3) is 5.56 Å². The van der Waals surface area contributed by atoms with Gasteiger partial charge in [-0.05, 0) is 47.2 Å². The zero-order valence-corrected chi connectivity index (χ0v) is 14.3. The summed E-state index contributed by atoms with van der Waals surface area (Å²) in [7, 11) is 0. The third-order valence-electron chi connectivity index (χ3n) is 2.68. The van der Waals surface area contributed by atoms with E-state index in [0.717, 1.165) is 17.9 Å². The first-order valence-corrected chi connectivity index (χ1v) is 8.65. The molecule has 108 valence electrons. The zero-order valence-electron chi connectivity index (χ0n) is 11.9. The lowest BCUT2D eigenvalue weighted by Gasteiger charge is -2.16. The molecule has 6 heteroatoms. The van der Waals surface area contributed by atoms with E-state index in [9.17, 15) is 4.79 Å². The quantitative estimate of drug-likeness (QED) is 0.822. The zero-order chi connectivity index (χ0) is 14.4. The predicted molar refractivity (Wildman–Crippen MR) is 87.1 cm³/mol. The highest BCUT2D eigenvalue weighted by Crippen LogP contribution is 2.18. The minimum absolute atomic E-state index is 0.0734. The Hall–Kier alpha value is -0.490. The second-order valence-electron chi connectivity index (χ2n) is 5.08. The van der Waals surface area contributed by atoms with Crippen LogP contribution in [-0.2, 0) is 6.54 Å². The lowest BCUT2D eigenvalue weighted by atomic mass is 10.2. The van der Waals surface area contributed by atoms with Crippen LogP contribution in [-0.4, -0.2) is 27.8 Å². The molecule has 0 aliphatic heterocycles. The van der Waals surface area contributed by atoms with Gasteiger partial charge in [-0.25, -0.2) is 4.68 Å². The summed E-state index contributed by atoms with van der Waals surface area (Å²) in [4.78, 5) is 12.1. The van der Waals surface area contributed by atoms with Crippen LogP contribution in [0.15, 0.2) is 15.5 Å². The van der Waals surface area contributed by atoms with Crippen LogP contribution in [0.1, 0.15) is 27.2 Å². The predicted octanol–water partition coefficient (Wildman–Crippen LogP) is 3.22. The van der Waals surface area contributed by atoms with Crippen molar-refractivity contribution < 1.29 is 0 Å². The van der Waals surface area contributed by atoms with Crippen LogP contribution in [0.25, 0.3) is 0 Å². The van der Waals surface area contributed by atoms with Gasteiger partial charge in [-0.1, -0.05) is 13.8 Å². The Balaban J connectivity index is 2.81. The van der Waals surface area contributed by atoms with E-state index in [4.69, 9.17) is 0 Å². The molecule has 0 aliphatic carbocycles. The van der Waals surface area contributed by atoms with Gasteiger partial charge in [0.15, 0.2) is 0 Å².